The van der Waals surface area contributed by atoms with Gasteiger partial charge in [0, 0.05) is 30.3 Å². The van der Waals surface area contributed by atoms with Crippen molar-refractivity contribution in [2.75, 3.05) is 0 Å². The second kappa shape index (κ2) is 20.1. The van der Waals surface area contributed by atoms with Gasteiger partial charge in [-0.25, -0.2) is 9.97 Å². The molecule has 0 atom stereocenters. The van der Waals surface area contributed by atoms with Gasteiger partial charge in [-0.1, -0.05) is 93.6 Å². The minimum atomic E-state index is -2.66. The van der Waals surface area contributed by atoms with E-state index < -0.39 is 30.3 Å². The normalized spacial score (nSPS) is 22.4. The predicted molar refractivity (Wildman–Crippen MR) is 253 cm³/mol. The van der Waals surface area contributed by atoms with E-state index in [0.717, 1.165) is 33.4 Å². The van der Waals surface area contributed by atoms with E-state index in [1.807, 2.05) is 77.9 Å². The number of halogens is 2. The fourth-order valence-electron chi connectivity index (χ4n) is 8.83. The first-order valence-corrected chi connectivity index (χ1v) is 25.2. The van der Waals surface area contributed by atoms with Gasteiger partial charge in [0.05, 0.1) is 16.9 Å². The molecule has 2 aliphatic rings. The summed E-state index contributed by atoms with van der Waals surface area (Å²) in [5.41, 5.74) is -0.479. The summed E-state index contributed by atoms with van der Waals surface area (Å²) in [4.78, 5) is 35.6. The van der Waals surface area contributed by atoms with Gasteiger partial charge in [0.25, 0.3) is 8.32 Å². The van der Waals surface area contributed by atoms with Crippen LogP contribution in [0.5, 0.6) is 0 Å². The minimum absolute atomic E-state index is 0.0577. The van der Waals surface area contributed by atoms with Crippen LogP contribution in [0.1, 0.15) is 125 Å². The summed E-state index contributed by atoms with van der Waals surface area (Å²) in [5, 5.41) is 12.3. The third-order valence-corrected chi connectivity index (χ3v) is 17.8. The number of pyridine rings is 2. The molecule has 11 heteroatoms. The third-order valence-electron chi connectivity index (χ3n) is 11.8. The molecular formula is C50H66Br2N2O6Si. The van der Waals surface area contributed by atoms with Crippen molar-refractivity contribution < 1.29 is 28.6 Å². The molecule has 0 aliphatic heterocycles. The maximum atomic E-state index is 13.7. The molecule has 2 heterocycles. The van der Waals surface area contributed by atoms with Crippen molar-refractivity contribution in [3.8, 4) is 0 Å². The zero-order chi connectivity index (χ0) is 44.7. The summed E-state index contributed by atoms with van der Waals surface area (Å²) >= 11 is 6.87. The second-order valence-electron chi connectivity index (χ2n) is 20.0. The van der Waals surface area contributed by atoms with Gasteiger partial charge >= 0.3 is 11.9 Å². The number of esters is 2. The van der Waals surface area contributed by atoms with E-state index in [4.69, 9.17) is 13.9 Å². The zero-order valence-corrected chi connectivity index (χ0v) is 41.8. The molecule has 2 aromatic heterocycles. The van der Waals surface area contributed by atoms with Gasteiger partial charge in [-0.05, 0) is 164 Å². The van der Waals surface area contributed by atoms with Crippen molar-refractivity contribution in [2.24, 2.45) is 10.8 Å². The summed E-state index contributed by atoms with van der Waals surface area (Å²) in [6.45, 7) is 18.4. The lowest BCUT2D eigenvalue weighted by atomic mass is 9.70. The van der Waals surface area contributed by atoms with Crippen LogP contribution in [-0.4, -0.2) is 58.7 Å². The van der Waals surface area contributed by atoms with Crippen LogP contribution < -0.4 is 10.4 Å². The first-order chi connectivity index (χ1) is 28.5. The van der Waals surface area contributed by atoms with Crippen LogP contribution in [0.2, 0.25) is 5.04 Å². The quantitative estimate of drug-likeness (QED) is 0.0951. The van der Waals surface area contributed by atoms with E-state index >= 15 is 0 Å². The molecule has 0 bridgehead atoms. The molecule has 2 aliphatic carbocycles. The van der Waals surface area contributed by atoms with Crippen LogP contribution in [0, 0.1) is 10.8 Å². The van der Waals surface area contributed by atoms with Crippen LogP contribution in [0.3, 0.4) is 0 Å². The van der Waals surface area contributed by atoms with Gasteiger partial charge in [0.2, 0.25) is 0 Å². The largest absolute Gasteiger partial charge is 0.460 e. The highest BCUT2D eigenvalue weighted by Gasteiger charge is 2.53. The van der Waals surface area contributed by atoms with Gasteiger partial charge in [-0.2, -0.15) is 0 Å². The number of hydrogen-bond acceptors (Lipinski definition) is 8. The number of benzene rings is 2. The maximum absolute atomic E-state index is 13.7. The Bertz CT molecular complexity index is 2010. The van der Waals surface area contributed by atoms with E-state index in [1.165, 1.54) is 10.4 Å². The van der Waals surface area contributed by atoms with Crippen LogP contribution in [0.25, 0.3) is 0 Å². The highest BCUT2D eigenvalue weighted by molar-refractivity contribution is 9.10. The number of ether oxygens (including phenoxy) is 2. The Kier molecular flexibility index (Phi) is 16.1. The molecule has 2 fully saturated rings. The Morgan fingerprint density at radius 3 is 1.33 bits per heavy atom. The van der Waals surface area contributed by atoms with E-state index in [9.17, 15) is 14.7 Å². The number of carbonyl (C=O) groups excluding carboxylic acids is 2. The molecular weight excluding hydrogens is 912 g/mol. The number of hydrogen-bond donors (Lipinski definition) is 1. The average molecular weight is 979 g/mol. The van der Waals surface area contributed by atoms with Crippen molar-refractivity contribution in [3.05, 3.63) is 118 Å². The number of aliphatic hydroxyl groups is 1. The van der Waals surface area contributed by atoms with Gasteiger partial charge in [0.15, 0.2) is 0 Å². The van der Waals surface area contributed by atoms with Crippen molar-refractivity contribution in [2.45, 2.75) is 155 Å². The summed E-state index contributed by atoms with van der Waals surface area (Å²) in [5.74, 6) is -0.297. The van der Waals surface area contributed by atoms with Gasteiger partial charge in [-0.3, -0.25) is 9.59 Å². The zero-order valence-electron chi connectivity index (χ0n) is 37.6. The lowest BCUT2D eigenvalue weighted by Gasteiger charge is -2.47. The van der Waals surface area contributed by atoms with Gasteiger partial charge in [-0.15, -0.1) is 0 Å². The standard InChI is InChI=1S/C33H42BrNO3Si.C17H24BrNO3/c1-31(2,3)37-30(36)33(24-25-14-13-19-29(34)35-25)22-20-26(21-23-33)38-39(32(4,5)6,27-15-9-7-10-16-27)28-17-11-8-12-18-28;1-16(2,3)22-15(21)17(9-7-13(20)8-10-17)11-12-5-4-6-14(18)19-12/h7-19,26H,20-24H2,1-6H3;4-6,13,20H,7-11H2,1-3H3. The van der Waals surface area contributed by atoms with E-state index in [1.54, 1.807) is 0 Å². The lowest BCUT2D eigenvalue weighted by molar-refractivity contribution is -0.172. The highest BCUT2D eigenvalue weighted by Crippen LogP contribution is 2.46. The van der Waals surface area contributed by atoms with Crippen LogP contribution in [0.15, 0.2) is 106 Å². The maximum Gasteiger partial charge on any atom is 0.312 e. The molecule has 1 N–H and O–H groups in total. The molecule has 0 unspecified atom stereocenters. The molecule has 6 rings (SSSR count). The molecule has 0 saturated heterocycles. The van der Waals surface area contributed by atoms with Crippen LogP contribution in [0.4, 0.5) is 0 Å². The third kappa shape index (κ3) is 12.9. The Labute approximate surface area is 382 Å². The second-order valence-corrected chi connectivity index (χ2v) is 25.9. The van der Waals surface area contributed by atoms with Crippen molar-refractivity contribution in [1.29, 1.82) is 0 Å². The van der Waals surface area contributed by atoms with Crippen molar-refractivity contribution >= 4 is 62.5 Å². The number of carbonyl (C=O) groups is 2. The molecule has 0 amide bonds. The average Bonchev–Trinajstić information content (AvgIpc) is 3.18. The number of rotatable bonds is 10. The predicted octanol–water partition coefficient (Wildman–Crippen LogP) is 10.9. The molecule has 2 aromatic carbocycles. The summed E-state index contributed by atoms with van der Waals surface area (Å²) in [7, 11) is -2.66. The highest BCUT2D eigenvalue weighted by atomic mass is 79.9. The van der Waals surface area contributed by atoms with Crippen molar-refractivity contribution in [1.82, 2.24) is 9.97 Å². The first-order valence-electron chi connectivity index (χ1n) is 21.7. The SMILES string of the molecule is CC(C)(C)OC(=O)C1(Cc2cccc(Br)n2)CCC(O)CC1.CC(C)(C)OC(=O)C1(Cc2cccc(Br)n2)CCC(O[Si](c2ccccc2)(c2ccccc2)C(C)(C)C)CC1. The Morgan fingerprint density at radius 1 is 0.607 bits per heavy atom. The molecule has 2 saturated carbocycles. The number of aliphatic hydroxyl groups excluding tert-OH is 1. The minimum Gasteiger partial charge on any atom is -0.460 e. The molecule has 330 valence electrons. The molecule has 0 radical (unpaired) electrons. The van der Waals surface area contributed by atoms with Gasteiger partial charge in [0.1, 0.15) is 20.4 Å². The molecule has 61 heavy (non-hydrogen) atoms. The lowest BCUT2D eigenvalue weighted by Crippen LogP contribution is -2.68. The Hall–Kier alpha value is -3.22. The molecule has 8 nitrogen and oxygen atoms in total. The monoisotopic (exact) mass is 976 g/mol. The van der Waals surface area contributed by atoms with Crippen molar-refractivity contribution in [3.63, 3.8) is 0 Å². The Morgan fingerprint density at radius 2 is 0.984 bits per heavy atom. The van der Waals surface area contributed by atoms with E-state index in [-0.39, 0.29) is 29.2 Å². The summed E-state index contributed by atoms with van der Waals surface area (Å²) < 4.78 is 20.6. The summed E-state index contributed by atoms with van der Waals surface area (Å²) in [6, 6.07) is 33.2. The fraction of sp³-hybridized carbons (Fsp3) is 0.520. The first kappa shape index (κ1) is 48.8. The number of aromatic nitrogens is 2. The fourth-order valence-corrected chi connectivity index (χ4v) is 14.3. The Balaban J connectivity index is 0.000000271. The molecule has 0 spiro atoms. The van der Waals surface area contributed by atoms with E-state index in [0.29, 0.717) is 51.4 Å². The molecule has 4 aromatic rings. The smallest absolute Gasteiger partial charge is 0.312 e. The van der Waals surface area contributed by atoms with E-state index in [2.05, 4.69) is 123 Å². The summed E-state index contributed by atoms with van der Waals surface area (Å²) in [6.07, 6.45) is 6.41. The van der Waals surface area contributed by atoms with Crippen LogP contribution >= 0.6 is 31.9 Å². The van der Waals surface area contributed by atoms with Gasteiger partial charge < -0.3 is 19.0 Å². The topological polar surface area (TPSA) is 108 Å². The van der Waals surface area contributed by atoms with Crippen LogP contribution in [-0.2, 0) is 36.3 Å². The number of nitrogens with zero attached hydrogens (tertiary/aromatic N) is 2.